The Morgan fingerprint density at radius 2 is 1.74 bits per heavy atom. The average molecular weight is 419 g/mol. The number of ether oxygens (including phenoxy) is 1. The van der Waals surface area contributed by atoms with Crippen molar-refractivity contribution in [2.45, 2.75) is 70.5 Å². The fraction of sp³-hybridized carbons (Fsp3) is 0.850. The van der Waals surface area contributed by atoms with Crippen LogP contribution >= 0.6 is 0 Å². The number of carboxylic acid groups (broad SMARTS) is 1. The van der Waals surface area contributed by atoms with Crippen molar-refractivity contribution in [2.24, 2.45) is 11.8 Å². The number of unbranched alkanes of at least 4 members (excludes halogenated alkanes) is 1. The number of hydrogen-bond acceptors (Lipinski definition) is 4. The van der Waals surface area contributed by atoms with Gasteiger partial charge in [-0.05, 0) is 50.9 Å². The van der Waals surface area contributed by atoms with Gasteiger partial charge >= 0.3 is 5.97 Å². The average Bonchev–Trinajstić information content (AvgIpc) is 3.20. The van der Waals surface area contributed by atoms with Crippen LogP contribution in [-0.4, -0.2) is 54.7 Å². The molecule has 2 fully saturated rings. The summed E-state index contributed by atoms with van der Waals surface area (Å²) in [4.78, 5) is 10.5. The predicted molar refractivity (Wildman–Crippen MR) is 111 cm³/mol. The number of fused-ring (bicyclic) bond motifs is 2. The number of rotatable bonds is 14. The van der Waals surface area contributed by atoms with E-state index in [1.807, 2.05) is 6.92 Å². The van der Waals surface area contributed by atoms with Crippen LogP contribution in [0.25, 0.3) is 0 Å². The van der Waals surface area contributed by atoms with Crippen molar-refractivity contribution in [1.29, 1.82) is 0 Å². The Balaban J connectivity index is 1.73. The van der Waals surface area contributed by atoms with E-state index in [4.69, 9.17) is 9.84 Å². The van der Waals surface area contributed by atoms with E-state index < -0.39 is 27.6 Å². The van der Waals surface area contributed by atoms with Crippen molar-refractivity contribution >= 4 is 27.6 Å². The molecule has 0 aliphatic carbocycles. The molecule has 2 unspecified atom stereocenters. The van der Waals surface area contributed by atoms with Crippen LogP contribution in [0.4, 0.5) is 0 Å². The van der Waals surface area contributed by atoms with Crippen molar-refractivity contribution in [1.82, 2.24) is 0 Å². The molecule has 156 valence electrons. The molecule has 2 bridgehead atoms. The number of carbonyl (C=O) groups is 1. The van der Waals surface area contributed by atoms with Crippen molar-refractivity contribution in [3.63, 3.8) is 0 Å². The van der Waals surface area contributed by atoms with Crippen molar-refractivity contribution in [2.75, 3.05) is 23.0 Å². The summed E-state index contributed by atoms with van der Waals surface area (Å²) in [6, 6.07) is 0. The van der Waals surface area contributed by atoms with E-state index in [2.05, 4.69) is 12.2 Å². The van der Waals surface area contributed by atoms with Gasteiger partial charge < -0.3 is 9.84 Å². The van der Waals surface area contributed by atoms with Crippen LogP contribution in [0.2, 0.25) is 0 Å². The minimum absolute atomic E-state index is 0.215. The third-order valence-electron chi connectivity index (χ3n) is 5.48. The van der Waals surface area contributed by atoms with E-state index in [-0.39, 0.29) is 18.6 Å². The standard InChI is InChI=1S/C20H34O5S2/c1-2-12-26(23)13-7-14-27(24)15-17-16(18-10-11-19(17)25-18)8-5-3-4-6-9-20(21)22/h3,5,16-19H,2,4,6-15H2,1H3,(H,21,22)/b5-3-/t16-,17+,18-,19+,26?,27?/m1/s1. The second kappa shape index (κ2) is 12.1. The van der Waals surface area contributed by atoms with E-state index in [1.165, 1.54) is 0 Å². The van der Waals surface area contributed by atoms with Crippen LogP contribution in [0, 0.1) is 11.8 Å². The molecular formula is C20H34O5S2. The Morgan fingerprint density at radius 1 is 1.04 bits per heavy atom. The van der Waals surface area contributed by atoms with Gasteiger partial charge in [0.25, 0.3) is 0 Å². The lowest BCUT2D eigenvalue weighted by molar-refractivity contribution is -0.137. The first-order valence-electron chi connectivity index (χ1n) is 10.2. The van der Waals surface area contributed by atoms with Crippen LogP contribution in [0.5, 0.6) is 0 Å². The quantitative estimate of drug-likeness (QED) is 0.346. The predicted octanol–water partition coefficient (Wildman–Crippen LogP) is 3.28. The van der Waals surface area contributed by atoms with Crippen molar-refractivity contribution < 1.29 is 23.1 Å². The lowest BCUT2D eigenvalue weighted by Gasteiger charge is -2.26. The Bertz CT molecular complexity index is 548. The normalized spacial score (nSPS) is 29.4. The van der Waals surface area contributed by atoms with Gasteiger partial charge in [0.2, 0.25) is 0 Å². The monoisotopic (exact) mass is 418 g/mol. The summed E-state index contributed by atoms with van der Waals surface area (Å²) >= 11 is 0. The minimum atomic E-state index is -0.872. The highest BCUT2D eigenvalue weighted by Crippen LogP contribution is 2.45. The molecule has 0 aromatic heterocycles. The maximum atomic E-state index is 12.5. The molecule has 0 spiro atoms. The van der Waals surface area contributed by atoms with E-state index in [1.54, 1.807) is 0 Å². The summed E-state index contributed by atoms with van der Waals surface area (Å²) in [6.07, 6.45) is 11.3. The van der Waals surface area contributed by atoms with Gasteiger partial charge in [-0.2, -0.15) is 0 Å². The zero-order chi connectivity index (χ0) is 19.6. The highest BCUT2D eigenvalue weighted by atomic mass is 32.2. The first kappa shape index (κ1) is 22.8. The molecule has 27 heavy (non-hydrogen) atoms. The maximum absolute atomic E-state index is 12.5. The lowest BCUT2D eigenvalue weighted by Crippen LogP contribution is -2.31. The van der Waals surface area contributed by atoms with Gasteiger partial charge in [-0.3, -0.25) is 13.2 Å². The van der Waals surface area contributed by atoms with E-state index in [0.29, 0.717) is 35.5 Å². The fourth-order valence-electron chi connectivity index (χ4n) is 4.18. The zero-order valence-electron chi connectivity index (χ0n) is 16.3. The van der Waals surface area contributed by atoms with Gasteiger partial charge in [0.15, 0.2) is 0 Å². The molecule has 0 amide bonds. The second-order valence-electron chi connectivity index (χ2n) is 7.62. The fourth-order valence-corrected chi connectivity index (χ4v) is 7.01. The van der Waals surface area contributed by atoms with E-state index >= 15 is 0 Å². The topological polar surface area (TPSA) is 80.7 Å². The molecule has 5 nitrogen and oxygen atoms in total. The molecule has 0 aromatic carbocycles. The Labute approximate surface area is 168 Å². The Kier molecular flexibility index (Phi) is 10.2. The second-order valence-corrected chi connectivity index (χ2v) is 10.9. The molecule has 2 rings (SSSR count). The summed E-state index contributed by atoms with van der Waals surface area (Å²) in [5.41, 5.74) is 0. The largest absolute Gasteiger partial charge is 0.481 e. The first-order valence-corrected chi connectivity index (χ1v) is 13.2. The molecule has 7 heteroatoms. The van der Waals surface area contributed by atoms with Crippen LogP contribution in [-0.2, 0) is 31.1 Å². The Hall–Kier alpha value is -0.530. The van der Waals surface area contributed by atoms with E-state index in [0.717, 1.165) is 44.3 Å². The zero-order valence-corrected chi connectivity index (χ0v) is 18.0. The summed E-state index contributed by atoms with van der Waals surface area (Å²) in [6.45, 7) is 2.03. The highest BCUT2D eigenvalue weighted by molar-refractivity contribution is 7.85. The number of allylic oxidation sites excluding steroid dienone is 2. The van der Waals surface area contributed by atoms with Crippen molar-refractivity contribution in [3.8, 4) is 0 Å². The summed E-state index contributed by atoms with van der Waals surface area (Å²) < 4.78 is 30.3. The first-order chi connectivity index (χ1) is 13.0. The third-order valence-corrected chi connectivity index (χ3v) is 8.59. The van der Waals surface area contributed by atoms with Gasteiger partial charge in [-0.25, -0.2) is 0 Å². The molecule has 0 saturated carbocycles. The summed E-state index contributed by atoms with van der Waals surface area (Å²) in [5, 5.41) is 8.66. The molecule has 2 heterocycles. The number of aliphatic carboxylic acids is 1. The molecule has 2 aliphatic heterocycles. The van der Waals surface area contributed by atoms with Crippen LogP contribution in [0.15, 0.2) is 12.2 Å². The minimum Gasteiger partial charge on any atom is -0.481 e. The maximum Gasteiger partial charge on any atom is 0.303 e. The molecular weight excluding hydrogens is 384 g/mol. The van der Waals surface area contributed by atoms with Gasteiger partial charge in [0, 0.05) is 56.9 Å². The number of carboxylic acids is 1. The lowest BCUT2D eigenvalue weighted by atomic mass is 9.78. The third kappa shape index (κ3) is 7.78. The molecule has 0 aromatic rings. The number of hydrogen-bond donors (Lipinski definition) is 1. The van der Waals surface area contributed by atoms with Crippen LogP contribution in [0.1, 0.15) is 58.3 Å². The smallest absolute Gasteiger partial charge is 0.303 e. The molecule has 2 aliphatic rings. The van der Waals surface area contributed by atoms with Crippen molar-refractivity contribution in [3.05, 3.63) is 12.2 Å². The van der Waals surface area contributed by atoms with Crippen LogP contribution < -0.4 is 0 Å². The SMILES string of the molecule is CCCS(=O)CCCS(=O)C[C@H]1[C@@H](C/C=C\CCCC(=O)O)[C@H]2CC[C@@H]1O2. The summed E-state index contributed by atoms with van der Waals surface area (Å²) in [5.74, 6) is 2.78. The molecule has 6 atom stereocenters. The molecule has 1 N–H and O–H groups in total. The van der Waals surface area contributed by atoms with Gasteiger partial charge in [0.05, 0.1) is 12.2 Å². The highest BCUT2D eigenvalue weighted by Gasteiger charge is 2.48. The molecule has 0 radical (unpaired) electrons. The summed E-state index contributed by atoms with van der Waals surface area (Å²) in [7, 11) is -1.64. The van der Waals surface area contributed by atoms with Gasteiger partial charge in [-0.15, -0.1) is 0 Å². The van der Waals surface area contributed by atoms with E-state index in [9.17, 15) is 13.2 Å². The molecule has 2 saturated heterocycles. The van der Waals surface area contributed by atoms with Crippen LogP contribution in [0.3, 0.4) is 0 Å². The van der Waals surface area contributed by atoms with Gasteiger partial charge in [0.1, 0.15) is 0 Å². The Morgan fingerprint density at radius 3 is 2.44 bits per heavy atom. The van der Waals surface area contributed by atoms with Gasteiger partial charge in [-0.1, -0.05) is 19.1 Å².